The zero-order valence-corrected chi connectivity index (χ0v) is 16.3. The van der Waals surface area contributed by atoms with Crippen molar-refractivity contribution in [1.29, 1.82) is 0 Å². The largest absolute Gasteiger partial charge is 0.465 e. The Kier molecular flexibility index (Phi) is 6.63. The third kappa shape index (κ3) is 5.72. The Morgan fingerprint density at radius 2 is 1.85 bits per heavy atom. The van der Waals surface area contributed by atoms with Gasteiger partial charge in [0.1, 0.15) is 13.1 Å². The normalized spacial score (nSPS) is 14.0. The van der Waals surface area contributed by atoms with Crippen LogP contribution in [0.15, 0.2) is 24.3 Å². The van der Waals surface area contributed by atoms with Gasteiger partial charge in [0, 0.05) is 6.54 Å². The molecule has 0 radical (unpaired) electrons. The highest BCUT2D eigenvalue weighted by atomic mass is 32.2. The van der Waals surface area contributed by atoms with Crippen LogP contribution in [0, 0.1) is 12.8 Å². The average molecular weight is 382 g/mol. The van der Waals surface area contributed by atoms with Crippen molar-refractivity contribution in [3.05, 3.63) is 29.8 Å². The predicted molar refractivity (Wildman–Crippen MR) is 99.3 cm³/mol. The van der Waals surface area contributed by atoms with E-state index in [-0.39, 0.29) is 19.7 Å². The molecule has 0 saturated heterocycles. The molecule has 1 aliphatic rings. The summed E-state index contributed by atoms with van der Waals surface area (Å²) in [6, 6.07) is 6.99. The van der Waals surface area contributed by atoms with Crippen molar-refractivity contribution in [2.75, 3.05) is 36.8 Å². The number of hydrogen-bond acceptors (Lipinski definition) is 5. The molecule has 0 atom stereocenters. The zero-order valence-electron chi connectivity index (χ0n) is 15.5. The Morgan fingerprint density at radius 1 is 1.19 bits per heavy atom. The molecule has 0 unspecified atom stereocenters. The lowest BCUT2D eigenvalue weighted by atomic mass is 10.2. The number of aryl methyl sites for hydroxylation is 1. The van der Waals surface area contributed by atoms with Gasteiger partial charge in [0.2, 0.25) is 15.9 Å². The van der Waals surface area contributed by atoms with Crippen LogP contribution in [0.4, 0.5) is 5.69 Å². The van der Waals surface area contributed by atoms with E-state index in [1.54, 1.807) is 38.1 Å². The fourth-order valence-electron chi connectivity index (χ4n) is 2.68. The highest BCUT2D eigenvalue weighted by Crippen LogP contribution is 2.30. The maximum atomic E-state index is 12.8. The first-order valence-corrected chi connectivity index (χ1v) is 10.5. The molecule has 0 N–H and O–H groups in total. The second-order valence-corrected chi connectivity index (χ2v) is 8.49. The Hall–Kier alpha value is -2.09. The molecule has 0 spiro atoms. The first-order valence-electron chi connectivity index (χ1n) is 8.69. The summed E-state index contributed by atoms with van der Waals surface area (Å²) in [7, 11) is -3.65. The van der Waals surface area contributed by atoms with Crippen LogP contribution in [0.2, 0.25) is 0 Å². The van der Waals surface area contributed by atoms with Crippen LogP contribution in [-0.4, -0.2) is 57.7 Å². The van der Waals surface area contributed by atoms with Gasteiger partial charge >= 0.3 is 5.97 Å². The second-order valence-electron chi connectivity index (χ2n) is 6.58. The molecule has 26 heavy (non-hydrogen) atoms. The minimum absolute atomic E-state index is 0.158. The van der Waals surface area contributed by atoms with E-state index in [1.165, 1.54) is 4.90 Å². The molecular formula is C18H26N2O5S. The lowest BCUT2D eigenvalue weighted by Gasteiger charge is -2.28. The Bertz CT molecular complexity index is 759. The van der Waals surface area contributed by atoms with Gasteiger partial charge in [-0.15, -0.1) is 0 Å². The summed E-state index contributed by atoms with van der Waals surface area (Å²) in [5.74, 6) is -0.513. The first kappa shape index (κ1) is 20.2. The van der Waals surface area contributed by atoms with E-state index in [2.05, 4.69) is 0 Å². The molecule has 7 nitrogen and oxygen atoms in total. The minimum Gasteiger partial charge on any atom is -0.465 e. The summed E-state index contributed by atoms with van der Waals surface area (Å²) in [4.78, 5) is 26.0. The molecule has 0 aliphatic heterocycles. The van der Waals surface area contributed by atoms with Gasteiger partial charge in [0.25, 0.3) is 0 Å². The van der Waals surface area contributed by atoms with Crippen LogP contribution in [-0.2, 0) is 24.3 Å². The van der Waals surface area contributed by atoms with Crippen molar-refractivity contribution in [2.45, 2.75) is 26.7 Å². The van der Waals surface area contributed by atoms with E-state index in [0.717, 1.165) is 29.0 Å². The Morgan fingerprint density at radius 3 is 2.38 bits per heavy atom. The number of anilines is 1. The minimum atomic E-state index is -3.65. The molecule has 1 amide bonds. The number of sulfonamides is 1. The van der Waals surface area contributed by atoms with Crippen molar-refractivity contribution < 1.29 is 22.7 Å². The first-order chi connectivity index (χ1) is 12.2. The van der Waals surface area contributed by atoms with E-state index in [9.17, 15) is 18.0 Å². The van der Waals surface area contributed by atoms with Gasteiger partial charge < -0.3 is 9.64 Å². The standard InChI is InChI=1S/C18H26N2O5S/c1-4-25-18(22)13-19(11-15-9-10-15)17(21)12-20(26(3,23)24)16-8-6-5-7-14(16)2/h5-8,15H,4,9-13H2,1-3H3. The van der Waals surface area contributed by atoms with E-state index < -0.39 is 21.9 Å². The molecule has 8 heteroatoms. The number of carbonyl (C=O) groups excluding carboxylic acids is 2. The Balaban J connectivity index is 2.19. The molecule has 1 saturated carbocycles. The predicted octanol–water partition coefficient (Wildman–Crippen LogP) is 1.56. The maximum absolute atomic E-state index is 12.8. The van der Waals surface area contributed by atoms with Crippen LogP contribution in [0.5, 0.6) is 0 Å². The van der Waals surface area contributed by atoms with Gasteiger partial charge in [-0.1, -0.05) is 18.2 Å². The molecule has 2 rings (SSSR count). The fraction of sp³-hybridized carbons (Fsp3) is 0.556. The summed E-state index contributed by atoms with van der Waals surface area (Å²) < 4.78 is 30.6. The summed E-state index contributed by atoms with van der Waals surface area (Å²) >= 11 is 0. The summed E-state index contributed by atoms with van der Waals surface area (Å²) in [5.41, 5.74) is 1.22. The molecule has 0 heterocycles. The van der Waals surface area contributed by atoms with Gasteiger partial charge in [-0.25, -0.2) is 8.42 Å². The number of nitrogens with zero attached hydrogens (tertiary/aromatic N) is 2. The SMILES string of the molecule is CCOC(=O)CN(CC1CC1)C(=O)CN(c1ccccc1C)S(C)(=O)=O. The monoisotopic (exact) mass is 382 g/mol. The number of hydrogen-bond donors (Lipinski definition) is 0. The van der Waals surface area contributed by atoms with Gasteiger partial charge in [-0.05, 0) is 44.2 Å². The molecule has 0 aromatic heterocycles. The van der Waals surface area contributed by atoms with Gasteiger partial charge in [0.05, 0.1) is 18.6 Å². The van der Waals surface area contributed by atoms with Crippen LogP contribution >= 0.6 is 0 Å². The van der Waals surface area contributed by atoms with Crippen LogP contribution in [0.3, 0.4) is 0 Å². The van der Waals surface area contributed by atoms with Crippen molar-refractivity contribution in [3.8, 4) is 0 Å². The number of esters is 1. The third-order valence-corrected chi connectivity index (χ3v) is 5.34. The number of ether oxygens (including phenoxy) is 1. The van der Waals surface area contributed by atoms with Crippen LogP contribution in [0.1, 0.15) is 25.3 Å². The summed E-state index contributed by atoms with van der Waals surface area (Å²) in [6.07, 6.45) is 3.10. The average Bonchev–Trinajstić information content (AvgIpc) is 3.36. The number of rotatable bonds is 9. The van der Waals surface area contributed by atoms with E-state index >= 15 is 0 Å². The van der Waals surface area contributed by atoms with Crippen molar-refractivity contribution in [3.63, 3.8) is 0 Å². The van der Waals surface area contributed by atoms with Gasteiger partial charge in [-0.2, -0.15) is 0 Å². The summed E-state index contributed by atoms with van der Waals surface area (Å²) in [5, 5.41) is 0. The quantitative estimate of drug-likeness (QED) is 0.605. The number of para-hydroxylation sites is 1. The molecule has 144 valence electrons. The molecule has 1 fully saturated rings. The fourth-order valence-corrected chi connectivity index (χ4v) is 3.58. The van der Waals surface area contributed by atoms with E-state index in [1.807, 2.05) is 0 Å². The lowest BCUT2D eigenvalue weighted by Crippen LogP contribution is -2.45. The lowest BCUT2D eigenvalue weighted by molar-refractivity contribution is -0.148. The van der Waals surface area contributed by atoms with Gasteiger partial charge in [-0.3, -0.25) is 13.9 Å². The second kappa shape index (κ2) is 8.53. The van der Waals surface area contributed by atoms with Crippen molar-refractivity contribution in [1.82, 2.24) is 4.90 Å². The third-order valence-electron chi connectivity index (χ3n) is 4.22. The topological polar surface area (TPSA) is 84.0 Å². The number of amides is 1. The summed E-state index contributed by atoms with van der Waals surface area (Å²) in [6.45, 7) is 3.68. The zero-order chi connectivity index (χ0) is 19.3. The van der Waals surface area contributed by atoms with Gasteiger partial charge in [0.15, 0.2) is 0 Å². The number of carbonyl (C=O) groups is 2. The maximum Gasteiger partial charge on any atom is 0.325 e. The highest BCUT2D eigenvalue weighted by Gasteiger charge is 2.31. The van der Waals surface area contributed by atoms with E-state index in [4.69, 9.17) is 4.74 Å². The van der Waals surface area contributed by atoms with Crippen LogP contribution in [0.25, 0.3) is 0 Å². The molecule has 1 aliphatic carbocycles. The molecular weight excluding hydrogens is 356 g/mol. The molecule has 1 aromatic carbocycles. The molecule has 1 aromatic rings. The van der Waals surface area contributed by atoms with Crippen molar-refractivity contribution >= 4 is 27.6 Å². The number of benzene rings is 1. The highest BCUT2D eigenvalue weighted by molar-refractivity contribution is 7.92. The smallest absolute Gasteiger partial charge is 0.325 e. The molecule has 0 bridgehead atoms. The van der Waals surface area contributed by atoms with Crippen LogP contribution < -0.4 is 4.31 Å². The van der Waals surface area contributed by atoms with E-state index in [0.29, 0.717) is 18.2 Å². The van der Waals surface area contributed by atoms with Crippen molar-refractivity contribution in [2.24, 2.45) is 5.92 Å². The Labute approximate surface area is 155 Å².